The minimum Gasteiger partial charge on any atom is -0.491 e. The van der Waals surface area contributed by atoms with Gasteiger partial charge in [-0.15, -0.1) is 0 Å². The SMILES string of the molecule is Cc1ccc(OC[C@]2(O)CCN(C(=O)CCCc3ccncc3)C2)cc1. The third kappa shape index (κ3) is 5.05. The number of aliphatic hydroxyl groups is 1. The van der Waals surface area contributed by atoms with Gasteiger partial charge in [-0.3, -0.25) is 9.78 Å². The van der Waals surface area contributed by atoms with Gasteiger partial charge in [0.15, 0.2) is 0 Å². The predicted molar refractivity (Wildman–Crippen MR) is 100.0 cm³/mol. The standard InChI is InChI=1S/C21H26N2O3/c1-17-5-7-19(8-6-17)26-16-21(25)11-14-23(15-21)20(24)4-2-3-18-9-12-22-13-10-18/h5-10,12-13,25H,2-4,11,14-16H2,1H3/t21-/m0/s1. The lowest BCUT2D eigenvalue weighted by Gasteiger charge is -2.23. The Morgan fingerprint density at radius 2 is 1.96 bits per heavy atom. The first kappa shape index (κ1) is 18.4. The lowest BCUT2D eigenvalue weighted by Crippen LogP contribution is -2.40. The molecule has 0 unspecified atom stereocenters. The van der Waals surface area contributed by atoms with Crippen molar-refractivity contribution in [2.75, 3.05) is 19.7 Å². The number of aryl methyl sites for hydroxylation is 2. The number of aromatic nitrogens is 1. The molecule has 1 aromatic heterocycles. The summed E-state index contributed by atoms with van der Waals surface area (Å²) in [7, 11) is 0. The van der Waals surface area contributed by atoms with Crippen LogP contribution in [0.4, 0.5) is 0 Å². The van der Waals surface area contributed by atoms with Crippen LogP contribution in [-0.4, -0.2) is 46.2 Å². The van der Waals surface area contributed by atoms with Crippen molar-refractivity contribution in [1.29, 1.82) is 0 Å². The molecule has 1 aliphatic rings. The number of carbonyl (C=O) groups is 1. The minimum atomic E-state index is -0.967. The fraction of sp³-hybridized carbons (Fsp3) is 0.429. The molecule has 0 spiro atoms. The van der Waals surface area contributed by atoms with E-state index in [1.165, 1.54) is 11.1 Å². The van der Waals surface area contributed by atoms with E-state index in [0.29, 0.717) is 25.9 Å². The summed E-state index contributed by atoms with van der Waals surface area (Å²) in [4.78, 5) is 18.1. The molecule has 0 bridgehead atoms. The van der Waals surface area contributed by atoms with Crippen molar-refractivity contribution in [3.63, 3.8) is 0 Å². The summed E-state index contributed by atoms with van der Waals surface area (Å²) in [5.74, 6) is 0.844. The molecule has 0 saturated carbocycles. The Kier molecular flexibility index (Phi) is 5.89. The Hall–Kier alpha value is -2.40. The summed E-state index contributed by atoms with van der Waals surface area (Å²) in [5.41, 5.74) is 1.39. The molecular formula is C21H26N2O3. The average Bonchev–Trinajstić information content (AvgIpc) is 3.05. The van der Waals surface area contributed by atoms with Crippen LogP contribution in [0, 0.1) is 6.92 Å². The molecule has 3 rings (SSSR count). The van der Waals surface area contributed by atoms with E-state index in [0.717, 1.165) is 18.6 Å². The van der Waals surface area contributed by atoms with Gasteiger partial charge in [0.2, 0.25) is 5.91 Å². The summed E-state index contributed by atoms with van der Waals surface area (Å²) in [5, 5.41) is 10.7. The zero-order valence-electron chi connectivity index (χ0n) is 15.2. The van der Waals surface area contributed by atoms with Crippen LogP contribution in [0.1, 0.15) is 30.4 Å². The maximum Gasteiger partial charge on any atom is 0.222 e. The molecule has 2 aromatic rings. The largest absolute Gasteiger partial charge is 0.491 e. The molecule has 1 aromatic carbocycles. The van der Waals surface area contributed by atoms with Gasteiger partial charge in [-0.05, 0) is 56.0 Å². The molecule has 138 valence electrons. The second kappa shape index (κ2) is 8.32. The first-order valence-corrected chi connectivity index (χ1v) is 9.13. The number of ether oxygens (including phenoxy) is 1. The van der Waals surface area contributed by atoms with E-state index >= 15 is 0 Å². The van der Waals surface area contributed by atoms with Crippen molar-refractivity contribution in [2.45, 2.75) is 38.2 Å². The van der Waals surface area contributed by atoms with Gasteiger partial charge in [-0.1, -0.05) is 17.7 Å². The predicted octanol–water partition coefficient (Wildman–Crippen LogP) is 2.76. The van der Waals surface area contributed by atoms with E-state index < -0.39 is 5.60 Å². The highest BCUT2D eigenvalue weighted by molar-refractivity contribution is 5.76. The van der Waals surface area contributed by atoms with E-state index in [4.69, 9.17) is 4.74 Å². The highest BCUT2D eigenvalue weighted by Crippen LogP contribution is 2.24. The molecular weight excluding hydrogens is 328 g/mol. The van der Waals surface area contributed by atoms with Crippen LogP contribution < -0.4 is 4.74 Å². The number of benzene rings is 1. The molecule has 5 heteroatoms. The summed E-state index contributed by atoms with van der Waals surface area (Å²) < 4.78 is 5.72. The van der Waals surface area contributed by atoms with Crippen LogP contribution in [0.15, 0.2) is 48.8 Å². The third-order valence-corrected chi connectivity index (χ3v) is 4.82. The highest BCUT2D eigenvalue weighted by Gasteiger charge is 2.38. The number of hydrogen-bond donors (Lipinski definition) is 1. The highest BCUT2D eigenvalue weighted by atomic mass is 16.5. The first-order chi connectivity index (χ1) is 12.5. The second-order valence-electron chi connectivity index (χ2n) is 7.10. The van der Waals surface area contributed by atoms with E-state index in [-0.39, 0.29) is 12.5 Å². The maximum absolute atomic E-state index is 12.4. The smallest absolute Gasteiger partial charge is 0.222 e. The van der Waals surface area contributed by atoms with Crippen LogP contribution in [0.25, 0.3) is 0 Å². The molecule has 5 nitrogen and oxygen atoms in total. The number of rotatable bonds is 7. The quantitative estimate of drug-likeness (QED) is 0.830. The zero-order chi connectivity index (χ0) is 18.4. The molecule has 1 atom stereocenters. The van der Waals surface area contributed by atoms with Gasteiger partial charge in [-0.2, -0.15) is 0 Å². The Balaban J connectivity index is 1.43. The summed E-state index contributed by atoms with van der Waals surface area (Å²) in [6.45, 7) is 3.15. The number of amides is 1. The van der Waals surface area contributed by atoms with Crippen LogP contribution >= 0.6 is 0 Å². The third-order valence-electron chi connectivity index (χ3n) is 4.82. The summed E-state index contributed by atoms with van der Waals surface area (Å²) in [6.07, 6.45) is 6.25. The van der Waals surface area contributed by atoms with Crippen LogP contribution in [0.3, 0.4) is 0 Å². The second-order valence-corrected chi connectivity index (χ2v) is 7.10. The van der Waals surface area contributed by atoms with E-state index in [2.05, 4.69) is 4.98 Å². The molecule has 1 saturated heterocycles. The zero-order valence-corrected chi connectivity index (χ0v) is 15.2. The lowest BCUT2D eigenvalue weighted by atomic mass is 10.1. The van der Waals surface area contributed by atoms with Crippen molar-refractivity contribution < 1.29 is 14.6 Å². The Morgan fingerprint density at radius 3 is 2.69 bits per heavy atom. The van der Waals surface area contributed by atoms with Gasteiger partial charge in [0.1, 0.15) is 18.0 Å². The number of nitrogens with zero attached hydrogens (tertiary/aromatic N) is 2. The fourth-order valence-corrected chi connectivity index (χ4v) is 3.19. The number of hydrogen-bond acceptors (Lipinski definition) is 4. The molecule has 0 aliphatic carbocycles. The number of pyridine rings is 1. The fourth-order valence-electron chi connectivity index (χ4n) is 3.19. The Bertz CT molecular complexity index is 718. The van der Waals surface area contributed by atoms with Gasteiger partial charge in [-0.25, -0.2) is 0 Å². The van der Waals surface area contributed by atoms with Gasteiger partial charge in [0.05, 0.1) is 6.54 Å². The lowest BCUT2D eigenvalue weighted by molar-refractivity contribution is -0.131. The molecule has 1 N–H and O–H groups in total. The normalized spacial score (nSPS) is 19.5. The van der Waals surface area contributed by atoms with Crippen LogP contribution in [0.5, 0.6) is 5.75 Å². The Labute approximate surface area is 154 Å². The van der Waals surface area contributed by atoms with Crippen LogP contribution in [-0.2, 0) is 11.2 Å². The number of β-amino-alcohol motifs (C(OH)–C–C–N with tert-alkyl or cyclic N) is 1. The van der Waals surface area contributed by atoms with E-state index in [1.807, 2.05) is 43.3 Å². The topological polar surface area (TPSA) is 62.7 Å². The van der Waals surface area contributed by atoms with E-state index in [9.17, 15) is 9.90 Å². The van der Waals surface area contributed by atoms with Crippen molar-refractivity contribution in [3.8, 4) is 5.75 Å². The van der Waals surface area contributed by atoms with Crippen molar-refractivity contribution >= 4 is 5.91 Å². The van der Waals surface area contributed by atoms with Gasteiger partial charge in [0.25, 0.3) is 0 Å². The molecule has 2 heterocycles. The molecule has 0 radical (unpaired) electrons. The summed E-state index contributed by atoms with van der Waals surface area (Å²) >= 11 is 0. The van der Waals surface area contributed by atoms with Crippen LogP contribution in [0.2, 0.25) is 0 Å². The number of likely N-dealkylation sites (tertiary alicyclic amines) is 1. The molecule has 26 heavy (non-hydrogen) atoms. The molecule has 1 fully saturated rings. The van der Waals surface area contributed by atoms with Gasteiger partial charge >= 0.3 is 0 Å². The molecule has 1 amide bonds. The summed E-state index contributed by atoms with van der Waals surface area (Å²) in [6, 6.07) is 11.7. The monoisotopic (exact) mass is 354 g/mol. The van der Waals surface area contributed by atoms with Crippen molar-refractivity contribution in [2.24, 2.45) is 0 Å². The van der Waals surface area contributed by atoms with Gasteiger partial charge in [0, 0.05) is 25.4 Å². The molecule has 1 aliphatic heterocycles. The Morgan fingerprint density at radius 1 is 1.23 bits per heavy atom. The van der Waals surface area contributed by atoms with Crippen molar-refractivity contribution in [3.05, 3.63) is 59.9 Å². The first-order valence-electron chi connectivity index (χ1n) is 9.13. The maximum atomic E-state index is 12.4. The number of carbonyl (C=O) groups excluding carboxylic acids is 1. The van der Waals surface area contributed by atoms with Crippen molar-refractivity contribution in [1.82, 2.24) is 9.88 Å². The average molecular weight is 354 g/mol. The van der Waals surface area contributed by atoms with E-state index in [1.54, 1.807) is 17.3 Å². The minimum absolute atomic E-state index is 0.102. The van der Waals surface area contributed by atoms with Gasteiger partial charge < -0.3 is 14.7 Å².